The lowest BCUT2D eigenvalue weighted by molar-refractivity contribution is -0.385. The quantitative estimate of drug-likeness (QED) is 0.341. The van der Waals surface area contributed by atoms with E-state index in [-0.39, 0.29) is 16.8 Å². The second-order valence-electron chi connectivity index (χ2n) is 6.88. The topological polar surface area (TPSA) is 98.5 Å². The van der Waals surface area contributed by atoms with E-state index in [1.54, 1.807) is 6.92 Å². The highest BCUT2D eigenvalue weighted by atomic mass is 32.1. The molecule has 0 saturated heterocycles. The number of rotatable bonds is 5. The van der Waals surface area contributed by atoms with Crippen LogP contribution in [0, 0.1) is 30.9 Å². The third-order valence-corrected chi connectivity index (χ3v) is 5.64. The highest BCUT2D eigenvalue weighted by Gasteiger charge is 2.24. The molecule has 0 aliphatic rings. The molecule has 30 heavy (non-hydrogen) atoms. The van der Waals surface area contributed by atoms with E-state index in [2.05, 4.69) is 5.32 Å². The highest BCUT2D eigenvalue weighted by molar-refractivity contribution is 7.15. The number of ether oxygens (including phenoxy) is 1. The van der Waals surface area contributed by atoms with Crippen LogP contribution in [0.2, 0.25) is 0 Å². The number of carbonyl (C=O) groups is 2. The van der Waals surface area contributed by atoms with Gasteiger partial charge in [-0.15, -0.1) is 11.3 Å². The van der Waals surface area contributed by atoms with E-state index >= 15 is 0 Å². The van der Waals surface area contributed by atoms with Crippen LogP contribution < -0.4 is 5.32 Å². The van der Waals surface area contributed by atoms with Crippen LogP contribution in [0.15, 0.2) is 41.8 Å². The number of carbonyl (C=O) groups excluding carboxylic acids is 2. The van der Waals surface area contributed by atoms with E-state index < -0.39 is 16.8 Å². The second kappa shape index (κ2) is 8.46. The summed E-state index contributed by atoms with van der Waals surface area (Å²) in [5.41, 5.74) is 4.47. The van der Waals surface area contributed by atoms with Crippen LogP contribution in [0.3, 0.4) is 0 Å². The first-order chi connectivity index (χ1) is 14.2. The zero-order chi connectivity index (χ0) is 22.0. The summed E-state index contributed by atoms with van der Waals surface area (Å²) in [4.78, 5) is 35.8. The van der Waals surface area contributed by atoms with Gasteiger partial charge in [0.05, 0.1) is 12.0 Å². The van der Waals surface area contributed by atoms with Crippen molar-refractivity contribution in [1.82, 2.24) is 0 Å². The van der Waals surface area contributed by atoms with Crippen LogP contribution in [-0.2, 0) is 4.74 Å². The van der Waals surface area contributed by atoms with Crippen LogP contribution in [0.1, 0.15) is 37.4 Å². The Kier molecular flexibility index (Phi) is 5.98. The van der Waals surface area contributed by atoms with Crippen LogP contribution in [0.5, 0.6) is 0 Å². The summed E-state index contributed by atoms with van der Waals surface area (Å²) >= 11 is 1.22. The fourth-order valence-electron chi connectivity index (χ4n) is 3.16. The molecule has 7 nitrogen and oxygen atoms in total. The van der Waals surface area contributed by atoms with Crippen LogP contribution in [-0.4, -0.2) is 23.9 Å². The van der Waals surface area contributed by atoms with Crippen molar-refractivity contribution in [2.45, 2.75) is 20.8 Å². The SMILES string of the molecule is COC(=O)c1c(-c2cc(C)ccc2C)csc1NC(=O)c1ccc([N+](=O)[O-])c(C)c1. The van der Waals surface area contributed by atoms with Gasteiger partial charge in [0.1, 0.15) is 10.6 Å². The zero-order valence-electron chi connectivity index (χ0n) is 16.9. The molecule has 3 aromatic rings. The van der Waals surface area contributed by atoms with E-state index in [4.69, 9.17) is 4.74 Å². The average molecular weight is 424 g/mol. The van der Waals surface area contributed by atoms with Gasteiger partial charge >= 0.3 is 5.97 Å². The van der Waals surface area contributed by atoms with Gasteiger partial charge in [0.15, 0.2) is 0 Å². The normalized spacial score (nSPS) is 10.5. The van der Waals surface area contributed by atoms with Gasteiger partial charge in [-0.25, -0.2) is 4.79 Å². The van der Waals surface area contributed by atoms with Gasteiger partial charge in [0, 0.05) is 28.1 Å². The van der Waals surface area contributed by atoms with Gasteiger partial charge in [-0.2, -0.15) is 0 Å². The van der Waals surface area contributed by atoms with Crippen molar-refractivity contribution in [3.05, 3.63) is 79.7 Å². The van der Waals surface area contributed by atoms with Crippen molar-refractivity contribution < 1.29 is 19.2 Å². The first-order valence-electron chi connectivity index (χ1n) is 9.06. The van der Waals surface area contributed by atoms with Crippen molar-refractivity contribution in [3.8, 4) is 11.1 Å². The molecule has 0 saturated carbocycles. The number of nitrogens with one attached hydrogen (secondary N) is 1. The largest absolute Gasteiger partial charge is 0.465 e. The fourth-order valence-corrected chi connectivity index (χ4v) is 4.10. The summed E-state index contributed by atoms with van der Waals surface area (Å²) in [6.07, 6.45) is 0. The first kappa shape index (κ1) is 21.2. The molecule has 0 bridgehead atoms. The monoisotopic (exact) mass is 424 g/mol. The van der Waals surface area contributed by atoms with Gasteiger partial charge in [0.25, 0.3) is 11.6 Å². The standard InChI is InChI=1S/C22H20N2O5S/c1-12-5-6-13(2)16(9-12)17-11-30-21(19(17)22(26)29-4)23-20(25)15-7-8-18(24(27)28)14(3)10-15/h5-11H,1-4H3,(H,23,25). The van der Waals surface area contributed by atoms with E-state index in [1.807, 2.05) is 37.4 Å². The summed E-state index contributed by atoms with van der Waals surface area (Å²) in [5, 5.41) is 15.9. The Morgan fingerprint density at radius 3 is 2.40 bits per heavy atom. The Morgan fingerprint density at radius 2 is 1.77 bits per heavy atom. The molecule has 8 heteroatoms. The molecular weight excluding hydrogens is 404 g/mol. The van der Waals surface area contributed by atoms with Gasteiger partial charge < -0.3 is 10.1 Å². The summed E-state index contributed by atoms with van der Waals surface area (Å²) < 4.78 is 4.96. The number of amides is 1. The molecular formula is C22H20N2O5S. The number of thiophene rings is 1. The molecule has 0 unspecified atom stereocenters. The maximum atomic E-state index is 12.8. The third kappa shape index (κ3) is 4.08. The molecule has 0 spiro atoms. The third-order valence-electron chi connectivity index (χ3n) is 4.75. The predicted octanol–water partition coefficient (Wildman–Crippen LogP) is 5.29. The van der Waals surface area contributed by atoms with Crippen LogP contribution >= 0.6 is 11.3 Å². The van der Waals surface area contributed by atoms with Crippen molar-refractivity contribution in [1.29, 1.82) is 0 Å². The highest BCUT2D eigenvalue weighted by Crippen LogP contribution is 2.38. The summed E-state index contributed by atoms with van der Waals surface area (Å²) in [6, 6.07) is 10.1. The van der Waals surface area contributed by atoms with Crippen molar-refractivity contribution in [2.75, 3.05) is 12.4 Å². The molecule has 0 fully saturated rings. The number of nitrogens with zero attached hydrogens (tertiary/aromatic N) is 1. The van der Waals surface area contributed by atoms with Crippen molar-refractivity contribution in [3.63, 3.8) is 0 Å². The molecule has 2 aromatic carbocycles. The number of hydrogen-bond donors (Lipinski definition) is 1. The van der Waals surface area contributed by atoms with Gasteiger partial charge in [-0.1, -0.05) is 23.8 Å². The molecule has 1 amide bonds. The minimum Gasteiger partial charge on any atom is -0.465 e. The number of nitro groups is 1. The molecule has 1 heterocycles. The first-order valence-corrected chi connectivity index (χ1v) is 9.94. The number of hydrogen-bond acceptors (Lipinski definition) is 6. The Bertz CT molecular complexity index is 1170. The molecule has 154 valence electrons. The molecule has 0 radical (unpaired) electrons. The summed E-state index contributed by atoms with van der Waals surface area (Å²) in [6.45, 7) is 5.48. The van der Waals surface area contributed by atoms with Crippen molar-refractivity contribution >= 4 is 33.9 Å². The second-order valence-corrected chi connectivity index (χ2v) is 7.76. The van der Waals surface area contributed by atoms with E-state index in [0.717, 1.165) is 16.7 Å². The van der Waals surface area contributed by atoms with Crippen molar-refractivity contribution in [2.24, 2.45) is 0 Å². The lowest BCUT2D eigenvalue weighted by atomic mass is 9.97. The Hall–Kier alpha value is -3.52. The number of aryl methyl sites for hydroxylation is 3. The predicted molar refractivity (Wildman–Crippen MR) is 116 cm³/mol. The van der Waals surface area contributed by atoms with E-state index in [1.165, 1.54) is 36.6 Å². The van der Waals surface area contributed by atoms with E-state index in [0.29, 0.717) is 16.1 Å². The fraction of sp³-hybridized carbons (Fsp3) is 0.182. The maximum absolute atomic E-state index is 12.8. The maximum Gasteiger partial charge on any atom is 0.341 e. The number of methoxy groups -OCH3 is 1. The lowest BCUT2D eigenvalue weighted by Crippen LogP contribution is -2.14. The molecule has 3 rings (SSSR count). The van der Waals surface area contributed by atoms with Gasteiger partial charge in [-0.05, 0) is 44.0 Å². The van der Waals surface area contributed by atoms with Crippen LogP contribution in [0.25, 0.3) is 11.1 Å². The number of nitro benzene ring substituents is 1. The lowest BCUT2D eigenvalue weighted by Gasteiger charge is -2.10. The minimum absolute atomic E-state index is 0.0601. The molecule has 0 aliphatic heterocycles. The summed E-state index contributed by atoms with van der Waals surface area (Å²) in [7, 11) is 1.29. The Balaban J connectivity index is 2.01. The smallest absolute Gasteiger partial charge is 0.341 e. The van der Waals surface area contributed by atoms with Gasteiger partial charge in [-0.3, -0.25) is 14.9 Å². The minimum atomic E-state index is -0.553. The summed E-state index contributed by atoms with van der Waals surface area (Å²) in [5.74, 6) is -1.02. The van der Waals surface area contributed by atoms with Crippen LogP contribution in [0.4, 0.5) is 10.7 Å². The van der Waals surface area contributed by atoms with Gasteiger partial charge in [0.2, 0.25) is 0 Å². The Morgan fingerprint density at radius 1 is 1.03 bits per heavy atom. The Labute approximate surface area is 177 Å². The zero-order valence-corrected chi connectivity index (χ0v) is 17.8. The molecule has 0 atom stereocenters. The van der Waals surface area contributed by atoms with E-state index in [9.17, 15) is 19.7 Å². The number of benzene rings is 2. The number of esters is 1. The molecule has 1 aromatic heterocycles. The number of anilines is 1. The average Bonchev–Trinajstić information content (AvgIpc) is 3.12. The molecule has 0 aliphatic carbocycles. The molecule has 1 N–H and O–H groups in total.